The predicted octanol–water partition coefficient (Wildman–Crippen LogP) is 3.02. The van der Waals surface area contributed by atoms with Crippen LogP contribution in [-0.2, 0) is 16.0 Å². The molecule has 1 heterocycles. The molecule has 0 fully saturated rings. The number of anilines is 1. The summed E-state index contributed by atoms with van der Waals surface area (Å²) in [4.78, 5) is 23.5. The van der Waals surface area contributed by atoms with Gasteiger partial charge >= 0.3 is 5.97 Å². The van der Waals surface area contributed by atoms with Crippen LogP contribution in [0.2, 0.25) is 0 Å². The summed E-state index contributed by atoms with van der Waals surface area (Å²) in [5.74, 6) is -0.599. The molecule has 1 N–H and O–H groups in total. The lowest BCUT2D eigenvalue weighted by Crippen LogP contribution is -2.15. The van der Waals surface area contributed by atoms with Crippen LogP contribution in [0.4, 0.5) is 5.00 Å². The van der Waals surface area contributed by atoms with Crippen molar-refractivity contribution in [1.29, 1.82) is 0 Å². The van der Waals surface area contributed by atoms with E-state index in [0.29, 0.717) is 10.6 Å². The van der Waals surface area contributed by atoms with Crippen LogP contribution in [-0.4, -0.2) is 19.0 Å². The predicted molar refractivity (Wildman–Crippen MR) is 79.2 cm³/mol. The second-order valence-electron chi connectivity index (χ2n) is 4.37. The quantitative estimate of drug-likeness (QED) is 0.880. The molecule has 2 aromatic rings. The van der Waals surface area contributed by atoms with E-state index in [1.807, 2.05) is 31.2 Å². The zero-order valence-electron chi connectivity index (χ0n) is 11.3. The Morgan fingerprint density at radius 3 is 2.55 bits per heavy atom. The van der Waals surface area contributed by atoms with Gasteiger partial charge in [-0.25, -0.2) is 4.79 Å². The van der Waals surface area contributed by atoms with E-state index in [2.05, 4.69) is 10.1 Å². The van der Waals surface area contributed by atoms with E-state index in [0.717, 1.165) is 11.1 Å². The Morgan fingerprint density at radius 1 is 1.20 bits per heavy atom. The molecule has 0 aliphatic heterocycles. The molecule has 0 aliphatic rings. The van der Waals surface area contributed by atoms with Gasteiger partial charge in [0.1, 0.15) is 5.00 Å². The van der Waals surface area contributed by atoms with Crippen molar-refractivity contribution >= 4 is 28.2 Å². The summed E-state index contributed by atoms with van der Waals surface area (Å²) in [6, 6.07) is 9.41. The number of hydrogen-bond acceptors (Lipinski definition) is 4. The summed E-state index contributed by atoms with van der Waals surface area (Å²) < 4.78 is 4.66. The molecule has 2 rings (SSSR count). The minimum absolute atomic E-state index is 0.151. The Balaban J connectivity index is 2.03. The summed E-state index contributed by atoms with van der Waals surface area (Å²) >= 11 is 1.30. The lowest BCUT2D eigenvalue weighted by molar-refractivity contribution is -0.115. The lowest BCUT2D eigenvalue weighted by Gasteiger charge is -2.05. The molecule has 0 atom stereocenters. The first-order chi connectivity index (χ1) is 9.60. The van der Waals surface area contributed by atoms with Crippen LogP contribution in [0.1, 0.15) is 21.5 Å². The average Bonchev–Trinajstić information content (AvgIpc) is 2.88. The maximum atomic E-state index is 12.0. The standard InChI is InChI=1S/C15H15NO3S/c1-10-3-5-11(6-4-10)9-13(17)16-14-12(7-8-20-14)15(18)19-2/h3-8H,9H2,1-2H3,(H,16,17). The number of carbonyl (C=O) groups excluding carboxylic acids is 2. The van der Waals surface area contributed by atoms with E-state index in [9.17, 15) is 9.59 Å². The molecule has 0 aliphatic carbocycles. The molecule has 0 saturated heterocycles. The number of methoxy groups -OCH3 is 1. The van der Waals surface area contributed by atoms with Crippen LogP contribution >= 0.6 is 11.3 Å². The zero-order valence-corrected chi connectivity index (χ0v) is 12.1. The monoisotopic (exact) mass is 289 g/mol. The number of thiophene rings is 1. The fraction of sp³-hybridized carbons (Fsp3) is 0.200. The highest BCUT2D eigenvalue weighted by Gasteiger charge is 2.15. The van der Waals surface area contributed by atoms with Gasteiger partial charge < -0.3 is 10.1 Å². The molecule has 1 aromatic heterocycles. The molecule has 0 unspecified atom stereocenters. The van der Waals surface area contributed by atoms with Crippen molar-refractivity contribution in [2.24, 2.45) is 0 Å². The molecule has 0 bridgehead atoms. The third-order valence-electron chi connectivity index (χ3n) is 2.81. The Hall–Kier alpha value is -2.14. The SMILES string of the molecule is COC(=O)c1ccsc1NC(=O)Cc1ccc(C)cc1. The summed E-state index contributed by atoms with van der Waals surface area (Å²) in [7, 11) is 1.32. The molecule has 0 spiro atoms. The van der Waals surface area contributed by atoms with Crippen LogP contribution in [0.25, 0.3) is 0 Å². The Morgan fingerprint density at radius 2 is 1.90 bits per heavy atom. The van der Waals surface area contributed by atoms with Crippen molar-refractivity contribution in [3.63, 3.8) is 0 Å². The first-order valence-electron chi connectivity index (χ1n) is 6.11. The summed E-state index contributed by atoms with van der Waals surface area (Å²) in [5.41, 5.74) is 2.47. The van der Waals surface area contributed by atoms with Gasteiger partial charge in [-0.15, -0.1) is 11.3 Å². The van der Waals surface area contributed by atoms with Crippen molar-refractivity contribution in [2.75, 3.05) is 12.4 Å². The van der Waals surface area contributed by atoms with Crippen LogP contribution < -0.4 is 5.32 Å². The van der Waals surface area contributed by atoms with Crippen molar-refractivity contribution < 1.29 is 14.3 Å². The third kappa shape index (κ3) is 3.45. The number of aryl methyl sites for hydroxylation is 1. The molecular weight excluding hydrogens is 274 g/mol. The van der Waals surface area contributed by atoms with Gasteiger partial charge in [0.2, 0.25) is 5.91 Å². The van der Waals surface area contributed by atoms with E-state index in [-0.39, 0.29) is 12.3 Å². The number of hydrogen-bond donors (Lipinski definition) is 1. The normalized spacial score (nSPS) is 10.1. The second-order valence-corrected chi connectivity index (χ2v) is 5.28. The number of rotatable bonds is 4. The number of esters is 1. The van der Waals surface area contributed by atoms with Crippen molar-refractivity contribution in [3.05, 3.63) is 52.4 Å². The fourth-order valence-electron chi connectivity index (χ4n) is 1.74. The van der Waals surface area contributed by atoms with E-state index < -0.39 is 5.97 Å². The van der Waals surface area contributed by atoms with E-state index in [1.165, 1.54) is 18.4 Å². The highest BCUT2D eigenvalue weighted by atomic mass is 32.1. The third-order valence-corrected chi connectivity index (χ3v) is 3.64. The van der Waals surface area contributed by atoms with Gasteiger partial charge in [0, 0.05) is 0 Å². The summed E-state index contributed by atoms with van der Waals surface area (Å²) in [6.07, 6.45) is 0.277. The van der Waals surface area contributed by atoms with Crippen LogP contribution in [0, 0.1) is 6.92 Å². The van der Waals surface area contributed by atoms with Crippen molar-refractivity contribution in [1.82, 2.24) is 0 Å². The fourth-order valence-corrected chi connectivity index (χ4v) is 2.53. The molecule has 5 heteroatoms. The molecule has 1 aromatic carbocycles. The average molecular weight is 289 g/mol. The highest BCUT2D eigenvalue weighted by Crippen LogP contribution is 2.24. The van der Waals surface area contributed by atoms with Gasteiger partial charge in [-0.2, -0.15) is 0 Å². The topological polar surface area (TPSA) is 55.4 Å². The van der Waals surface area contributed by atoms with Crippen LogP contribution in [0.15, 0.2) is 35.7 Å². The van der Waals surface area contributed by atoms with E-state index in [4.69, 9.17) is 0 Å². The molecule has 20 heavy (non-hydrogen) atoms. The number of nitrogens with one attached hydrogen (secondary N) is 1. The van der Waals surface area contributed by atoms with Gasteiger partial charge in [0.15, 0.2) is 0 Å². The van der Waals surface area contributed by atoms with E-state index >= 15 is 0 Å². The second kappa shape index (κ2) is 6.34. The van der Waals surface area contributed by atoms with Crippen LogP contribution in [0.5, 0.6) is 0 Å². The van der Waals surface area contributed by atoms with Gasteiger partial charge in [-0.3, -0.25) is 4.79 Å². The molecule has 0 radical (unpaired) electrons. The van der Waals surface area contributed by atoms with Gasteiger partial charge in [0.25, 0.3) is 0 Å². The lowest BCUT2D eigenvalue weighted by atomic mass is 10.1. The van der Waals surface area contributed by atoms with Crippen molar-refractivity contribution in [3.8, 4) is 0 Å². The zero-order chi connectivity index (χ0) is 14.5. The minimum atomic E-state index is -0.447. The van der Waals surface area contributed by atoms with Gasteiger partial charge in [-0.1, -0.05) is 29.8 Å². The molecule has 104 valence electrons. The number of ether oxygens (including phenoxy) is 1. The summed E-state index contributed by atoms with van der Waals surface area (Å²) in [6.45, 7) is 2.00. The molecule has 4 nitrogen and oxygen atoms in total. The first-order valence-corrected chi connectivity index (χ1v) is 6.99. The maximum absolute atomic E-state index is 12.0. The van der Waals surface area contributed by atoms with E-state index in [1.54, 1.807) is 11.4 Å². The minimum Gasteiger partial charge on any atom is -0.465 e. The Kier molecular flexibility index (Phi) is 4.53. The number of amides is 1. The molecule has 1 amide bonds. The van der Waals surface area contributed by atoms with Gasteiger partial charge in [-0.05, 0) is 23.9 Å². The van der Waals surface area contributed by atoms with Crippen molar-refractivity contribution in [2.45, 2.75) is 13.3 Å². The molecule has 0 saturated carbocycles. The largest absolute Gasteiger partial charge is 0.465 e. The van der Waals surface area contributed by atoms with Gasteiger partial charge in [0.05, 0.1) is 19.1 Å². The highest BCUT2D eigenvalue weighted by molar-refractivity contribution is 7.14. The Bertz CT molecular complexity index is 616. The van der Waals surface area contributed by atoms with Crippen LogP contribution in [0.3, 0.4) is 0 Å². The first kappa shape index (κ1) is 14.3. The number of carbonyl (C=O) groups is 2. The number of benzene rings is 1. The smallest absolute Gasteiger partial charge is 0.340 e. The maximum Gasteiger partial charge on any atom is 0.340 e. The Labute approximate surface area is 121 Å². The summed E-state index contributed by atoms with van der Waals surface area (Å²) in [5, 5.41) is 5.01. The molecular formula is C15H15NO3S.